The van der Waals surface area contributed by atoms with Crippen molar-refractivity contribution in [1.82, 2.24) is 28.9 Å². The SMILES string of the molecule is COc1cccc(C(N)=Nc2cc(C(=O)Nc3cc(C(=O)Nc4cn(C(=O)NCCCN(C)C)cn4)n(C)c3)n(C)c2)c1. The number of nitrogens with one attached hydrogen (secondary N) is 3. The van der Waals surface area contributed by atoms with Gasteiger partial charge in [-0.05, 0) is 51.3 Å². The number of ether oxygens (including phenoxy) is 1. The van der Waals surface area contributed by atoms with E-state index >= 15 is 0 Å². The van der Waals surface area contributed by atoms with Gasteiger partial charge in [0.05, 0.1) is 24.7 Å². The molecule has 14 nitrogen and oxygen atoms in total. The number of benzene rings is 1. The number of hydrogen-bond acceptors (Lipinski definition) is 7. The zero-order valence-corrected chi connectivity index (χ0v) is 24.8. The third-order valence-corrected chi connectivity index (χ3v) is 6.45. The largest absolute Gasteiger partial charge is 0.497 e. The number of hydrogen-bond donors (Lipinski definition) is 4. The van der Waals surface area contributed by atoms with Crippen LogP contribution in [0.3, 0.4) is 0 Å². The Morgan fingerprint density at radius 1 is 1.00 bits per heavy atom. The Morgan fingerprint density at radius 2 is 1.72 bits per heavy atom. The molecule has 3 aromatic heterocycles. The number of carbonyl (C=O) groups is 3. The third kappa shape index (κ3) is 7.89. The summed E-state index contributed by atoms with van der Waals surface area (Å²) >= 11 is 0. The molecule has 0 aliphatic heterocycles. The Balaban J connectivity index is 1.37. The first-order valence-electron chi connectivity index (χ1n) is 13.4. The normalized spacial score (nSPS) is 11.4. The Bertz CT molecular complexity index is 1650. The van der Waals surface area contributed by atoms with E-state index in [2.05, 4.69) is 25.9 Å². The highest BCUT2D eigenvalue weighted by Gasteiger charge is 2.18. The lowest BCUT2D eigenvalue weighted by Crippen LogP contribution is -2.30. The lowest BCUT2D eigenvalue weighted by atomic mass is 10.2. The first-order chi connectivity index (χ1) is 20.5. The van der Waals surface area contributed by atoms with Crippen molar-refractivity contribution >= 4 is 40.9 Å². The van der Waals surface area contributed by atoms with E-state index in [1.165, 1.54) is 17.1 Å². The van der Waals surface area contributed by atoms with Gasteiger partial charge in [-0.1, -0.05) is 12.1 Å². The molecule has 226 valence electrons. The molecule has 0 aliphatic carbocycles. The van der Waals surface area contributed by atoms with Gasteiger partial charge in [0.1, 0.15) is 29.3 Å². The number of carbonyl (C=O) groups excluding carboxylic acids is 3. The van der Waals surface area contributed by atoms with Gasteiger partial charge in [0.25, 0.3) is 11.8 Å². The Morgan fingerprint density at radius 3 is 2.47 bits per heavy atom. The van der Waals surface area contributed by atoms with Crippen LogP contribution in [0.25, 0.3) is 0 Å². The molecule has 1 aromatic carbocycles. The summed E-state index contributed by atoms with van der Waals surface area (Å²) in [4.78, 5) is 48.9. The van der Waals surface area contributed by atoms with Gasteiger partial charge in [0, 0.05) is 38.6 Å². The smallest absolute Gasteiger partial charge is 0.326 e. The minimum absolute atomic E-state index is 0.213. The van der Waals surface area contributed by atoms with Gasteiger partial charge in [-0.15, -0.1) is 0 Å². The zero-order valence-electron chi connectivity index (χ0n) is 24.8. The van der Waals surface area contributed by atoms with Crippen LogP contribution in [0.1, 0.15) is 33.0 Å². The lowest BCUT2D eigenvalue weighted by Gasteiger charge is -2.09. The second kappa shape index (κ2) is 13.5. The van der Waals surface area contributed by atoms with Crippen LogP contribution in [0, 0.1) is 0 Å². The fraction of sp³-hybridized carbons (Fsp3) is 0.276. The summed E-state index contributed by atoms with van der Waals surface area (Å²) in [6.07, 6.45) is 6.88. The van der Waals surface area contributed by atoms with E-state index in [4.69, 9.17) is 10.5 Å². The molecule has 4 aromatic rings. The maximum atomic E-state index is 13.1. The van der Waals surface area contributed by atoms with Crippen molar-refractivity contribution in [1.29, 1.82) is 0 Å². The molecule has 0 saturated heterocycles. The summed E-state index contributed by atoms with van der Waals surface area (Å²) in [6, 6.07) is 10.0. The van der Waals surface area contributed by atoms with Crippen LogP contribution < -0.4 is 26.4 Å². The molecule has 0 radical (unpaired) electrons. The number of aliphatic imine (C=N–C) groups is 1. The van der Waals surface area contributed by atoms with E-state index < -0.39 is 11.8 Å². The molecular weight excluding hydrogens is 552 g/mol. The van der Waals surface area contributed by atoms with Crippen molar-refractivity contribution in [2.75, 3.05) is 44.9 Å². The maximum Gasteiger partial charge on any atom is 0.326 e. The van der Waals surface area contributed by atoms with Gasteiger partial charge in [-0.3, -0.25) is 14.2 Å². The average Bonchev–Trinajstić information content (AvgIpc) is 3.69. The number of aromatic nitrogens is 4. The highest BCUT2D eigenvalue weighted by Crippen LogP contribution is 2.21. The molecule has 0 bridgehead atoms. The van der Waals surface area contributed by atoms with Crippen LogP contribution in [0.5, 0.6) is 5.75 Å². The van der Waals surface area contributed by atoms with Crippen molar-refractivity contribution in [3.63, 3.8) is 0 Å². The second-order valence-corrected chi connectivity index (χ2v) is 10.1. The van der Waals surface area contributed by atoms with Gasteiger partial charge in [-0.25, -0.2) is 14.8 Å². The van der Waals surface area contributed by atoms with Crippen molar-refractivity contribution in [2.24, 2.45) is 24.8 Å². The van der Waals surface area contributed by atoms with E-state index in [1.807, 2.05) is 37.2 Å². The topological polar surface area (TPSA) is 166 Å². The monoisotopic (exact) mass is 588 g/mol. The standard InChI is InChI=1S/C29H36N10O4/c1-36(2)11-7-10-31-29(42)39-17-25(32-18-39)35-28(41)24-14-21(16-38(24)4)34-27(40)23-13-20(15-37(23)3)33-26(30)19-8-6-9-22(12-19)43-5/h6,8-9,12-18H,7,10-11H2,1-5H3,(H2,30,33)(H,31,42)(H,34,40)(H,35,41). The number of rotatable bonds is 11. The van der Waals surface area contributed by atoms with Gasteiger partial charge >= 0.3 is 6.03 Å². The van der Waals surface area contributed by atoms with Crippen molar-refractivity contribution in [3.8, 4) is 5.75 Å². The maximum absolute atomic E-state index is 13.1. The summed E-state index contributed by atoms with van der Waals surface area (Å²) in [5.74, 6) is 0.300. The molecule has 0 spiro atoms. The number of nitrogens with zero attached hydrogens (tertiary/aromatic N) is 6. The zero-order chi connectivity index (χ0) is 31.1. The predicted octanol–water partition coefficient (Wildman–Crippen LogP) is 2.62. The molecular formula is C29H36N10O4. The summed E-state index contributed by atoms with van der Waals surface area (Å²) < 4.78 is 9.72. The summed E-state index contributed by atoms with van der Waals surface area (Å²) in [5, 5.41) is 8.29. The molecule has 0 unspecified atom stereocenters. The Labute approximate surface area is 249 Å². The first kappa shape index (κ1) is 30.6. The van der Waals surface area contributed by atoms with E-state index in [9.17, 15) is 14.4 Å². The van der Waals surface area contributed by atoms with Crippen LogP contribution in [0.15, 0.2) is 66.3 Å². The predicted molar refractivity (Wildman–Crippen MR) is 164 cm³/mol. The number of nitrogens with two attached hydrogens (primary N) is 1. The van der Waals surface area contributed by atoms with Crippen molar-refractivity contribution in [2.45, 2.75) is 6.42 Å². The number of aryl methyl sites for hydroxylation is 2. The molecule has 14 heteroatoms. The van der Waals surface area contributed by atoms with Crippen molar-refractivity contribution < 1.29 is 19.1 Å². The molecule has 4 rings (SSSR count). The molecule has 0 aliphatic rings. The number of imidazole rings is 1. The van der Waals surface area contributed by atoms with E-state index in [0.29, 0.717) is 34.9 Å². The van der Waals surface area contributed by atoms with Crippen LogP contribution in [0.2, 0.25) is 0 Å². The lowest BCUT2D eigenvalue weighted by molar-refractivity contribution is 0.101. The Hall–Kier alpha value is -5.37. The number of amidine groups is 1. The van der Waals surface area contributed by atoms with Gasteiger partial charge in [0.15, 0.2) is 5.82 Å². The van der Waals surface area contributed by atoms with Crippen molar-refractivity contribution in [3.05, 3.63) is 78.3 Å². The summed E-state index contributed by atoms with van der Waals surface area (Å²) in [6.45, 7) is 1.37. The molecule has 5 N–H and O–H groups in total. The van der Waals surface area contributed by atoms with Crippen LogP contribution in [-0.4, -0.2) is 81.6 Å². The average molecular weight is 589 g/mol. The van der Waals surface area contributed by atoms with Crippen LogP contribution >= 0.6 is 0 Å². The number of amides is 3. The van der Waals surface area contributed by atoms with E-state index in [0.717, 1.165) is 13.0 Å². The molecule has 0 atom stereocenters. The van der Waals surface area contributed by atoms with E-state index in [-0.39, 0.29) is 23.4 Å². The second-order valence-electron chi connectivity index (χ2n) is 10.1. The minimum atomic E-state index is -0.455. The number of anilines is 2. The molecule has 43 heavy (non-hydrogen) atoms. The fourth-order valence-corrected chi connectivity index (χ4v) is 4.23. The molecule has 0 saturated carbocycles. The summed E-state index contributed by atoms with van der Waals surface area (Å²) in [5.41, 5.74) is 8.41. The van der Waals surface area contributed by atoms with Crippen LogP contribution in [0.4, 0.5) is 22.0 Å². The fourth-order valence-electron chi connectivity index (χ4n) is 4.23. The molecule has 0 fully saturated rings. The quantitative estimate of drug-likeness (QED) is 0.119. The van der Waals surface area contributed by atoms with Crippen LogP contribution in [-0.2, 0) is 14.1 Å². The highest BCUT2D eigenvalue weighted by molar-refractivity contribution is 6.07. The first-order valence-corrected chi connectivity index (χ1v) is 13.4. The number of methoxy groups -OCH3 is 1. The van der Waals surface area contributed by atoms with E-state index in [1.54, 1.807) is 60.9 Å². The highest BCUT2D eigenvalue weighted by atomic mass is 16.5. The Kier molecular flexibility index (Phi) is 9.62. The third-order valence-electron chi connectivity index (χ3n) is 6.45. The summed E-state index contributed by atoms with van der Waals surface area (Å²) in [7, 11) is 8.91. The van der Waals surface area contributed by atoms with Gasteiger partial charge in [0.2, 0.25) is 0 Å². The minimum Gasteiger partial charge on any atom is -0.497 e. The molecule has 3 heterocycles. The van der Waals surface area contributed by atoms with Gasteiger partial charge in [-0.2, -0.15) is 0 Å². The van der Waals surface area contributed by atoms with Gasteiger partial charge < -0.3 is 40.5 Å². The molecule has 3 amide bonds.